The number of nitrogens with one attached hydrogen (secondary N) is 1. The lowest BCUT2D eigenvalue weighted by molar-refractivity contribution is -0.136. The van der Waals surface area contributed by atoms with Crippen LogP contribution >= 0.6 is 0 Å². The topological polar surface area (TPSA) is 85.6 Å². The van der Waals surface area contributed by atoms with Gasteiger partial charge in [0.2, 0.25) is 0 Å². The maximum absolute atomic E-state index is 13.1. The molecular formula is C20H14F3NO5. The van der Waals surface area contributed by atoms with Gasteiger partial charge in [0.15, 0.2) is 12.4 Å². The summed E-state index contributed by atoms with van der Waals surface area (Å²) < 4.78 is 49.2. The van der Waals surface area contributed by atoms with Crippen molar-refractivity contribution in [2.24, 2.45) is 0 Å². The number of hydrogen-bond acceptors (Lipinski definition) is 5. The highest BCUT2D eigenvalue weighted by atomic mass is 19.4. The van der Waals surface area contributed by atoms with E-state index in [0.29, 0.717) is 17.3 Å². The van der Waals surface area contributed by atoms with Crippen LogP contribution in [0.3, 0.4) is 0 Å². The van der Waals surface area contributed by atoms with Crippen LogP contribution < -0.4 is 15.7 Å². The summed E-state index contributed by atoms with van der Waals surface area (Å²) in [7, 11) is 0. The van der Waals surface area contributed by atoms with E-state index in [2.05, 4.69) is 5.32 Å². The number of alkyl halides is 3. The Balaban J connectivity index is 1.74. The van der Waals surface area contributed by atoms with Gasteiger partial charge in [-0.25, -0.2) is 4.79 Å². The average Bonchev–Trinajstić information content (AvgIpc) is 2.64. The zero-order chi connectivity index (χ0) is 21.2. The lowest BCUT2D eigenvalue weighted by Crippen LogP contribution is -2.20. The molecule has 1 amide bonds. The molecule has 0 saturated carbocycles. The smallest absolute Gasteiger partial charge is 0.417 e. The molecule has 3 rings (SSSR count). The molecule has 0 spiro atoms. The van der Waals surface area contributed by atoms with E-state index in [1.165, 1.54) is 19.1 Å². The fraction of sp³-hybridized carbons (Fsp3) is 0.150. The Labute approximate surface area is 161 Å². The van der Waals surface area contributed by atoms with Crippen molar-refractivity contribution in [1.29, 1.82) is 0 Å². The van der Waals surface area contributed by atoms with Crippen LogP contribution in [0.4, 0.5) is 18.9 Å². The Morgan fingerprint density at radius 2 is 1.86 bits per heavy atom. The van der Waals surface area contributed by atoms with E-state index in [4.69, 9.17) is 9.15 Å². The first-order chi connectivity index (χ1) is 13.6. The third-order valence-electron chi connectivity index (χ3n) is 3.94. The van der Waals surface area contributed by atoms with Gasteiger partial charge in [0, 0.05) is 28.8 Å². The molecule has 3 aromatic rings. The summed E-state index contributed by atoms with van der Waals surface area (Å²) in [6.07, 6.45) is -4.72. The van der Waals surface area contributed by atoms with Crippen LogP contribution in [-0.2, 0) is 11.0 Å². The van der Waals surface area contributed by atoms with E-state index in [9.17, 15) is 27.6 Å². The van der Waals surface area contributed by atoms with Gasteiger partial charge in [-0.3, -0.25) is 9.59 Å². The molecule has 0 unspecified atom stereocenters. The third-order valence-corrected chi connectivity index (χ3v) is 3.94. The highest BCUT2D eigenvalue weighted by Crippen LogP contribution is 2.34. The van der Waals surface area contributed by atoms with E-state index in [1.807, 2.05) is 0 Å². The number of amides is 1. The second kappa shape index (κ2) is 7.78. The minimum Gasteiger partial charge on any atom is -0.484 e. The van der Waals surface area contributed by atoms with Crippen LogP contribution in [0.25, 0.3) is 11.0 Å². The number of ketones is 1. The molecule has 0 saturated heterocycles. The first-order valence-corrected chi connectivity index (χ1v) is 8.32. The number of hydrogen-bond donors (Lipinski definition) is 1. The second-order valence-corrected chi connectivity index (χ2v) is 6.11. The summed E-state index contributed by atoms with van der Waals surface area (Å²) in [4.78, 5) is 34.8. The lowest BCUT2D eigenvalue weighted by atomic mass is 10.1. The van der Waals surface area contributed by atoms with Gasteiger partial charge in [0.25, 0.3) is 5.91 Å². The summed E-state index contributed by atoms with van der Waals surface area (Å²) in [6.45, 7) is 0.950. The highest BCUT2D eigenvalue weighted by Gasteiger charge is 2.33. The van der Waals surface area contributed by atoms with Gasteiger partial charge >= 0.3 is 11.8 Å². The number of carbonyl (C=O) groups excluding carboxylic acids is 2. The molecule has 1 aromatic heterocycles. The van der Waals surface area contributed by atoms with Gasteiger partial charge < -0.3 is 14.5 Å². The number of anilines is 1. The van der Waals surface area contributed by atoms with E-state index in [1.54, 1.807) is 18.2 Å². The fourth-order valence-corrected chi connectivity index (χ4v) is 2.63. The van der Waals surface area contributed by atoms with E-state index >= 15 is 0 Å². The number of carbonyl (C=O) groups is 2. The van der Waals surface area contributed by atoms with Gasteiger partial charge in [-0.15, -0.1) is 0 Å². The molecule has 0 radical (unpaired) electrons. The Morgan fingerprint density at radius 1 is 1.10 bits per heavy atom. The van der Waals surface area contributed by atoms with E-state index in [0.717, 1.165) is 12.1 Å². The molecule has 9 heteroatoms. The average molecular weight is 405 g/mol. The first-order valence-electron chi connectivity index (χ1n) is 8.32. The minimum atomic E-state index is -4.72. The molecule has 6 nitrogen and oxygen atoms in total. The SMILES string of the molecule is CC(=O)c1cccc(NC(=O)COc2ccc3c(C(F)(F)F)cc(=O)oc3c2)c1. The standard InChI is InChI=1S/C20H14F3NO5/c1-11(25)12-3-2-4-13(7-12)24-18(26)10-28-14-5-6-15-16(20(21,22)23)9-19(27)29-17(15)8-14/h2-9H,10H2,1H3,(H,24,26). The predicted octanol–water partition coefficient (Wildman–Crippen LogP) is 4.03. The monoisotopic (exact) mass is 405 g/mol. The summed E-state index contributed by atoms with van der Waals surface area (Å²) in [6, 6.07) is 10.1. The number of rotatable bonds is 5. The van der Waals surface area contributed by atoms with Crippen molar-refractivity contribution in [3.05, 3.63) is 70.1 Å². The van der Waals surface area contributed by atoms with Gasteiger partial charge in [0.1, 0.15) is 11.3 Å². The molecular weight excluding hydrogens is 391 g/mol. The van der Waals surface area contributed by atoms with E-state index in [-0.39, 0.29) is 22.5 Å². The van der Waals surface area contributed by atoms with Crippen LogP contribution in [0.15, 0.2) is 57.7 Å². The van der Waals surface area contributed by atoms with Gasteiger partial charge in [0.05, 0.1) is 5.56 Å². The molecule has 0 aliphatic carbocycles. The minimum absolute atomic E-state index is 0.0487. The van der Waals surface area contributed by atoms with Crippen molar-refractivity contribution in [2.75, 3.05) is 11.9 Å². The maximum atomic E-state index is 13.1. The molecule has 29 heavy (non-hydrogen) atoms. The maximum Gasteiger partial charge on any atom is 0.417 e. The number of fused-ring (bicyclic) bond motifs is 1. The van der Waals surface area contributed by atoms with Gasteiger partial charge in [-0.1, -0.05) is 12.1 Å². The van der Waals surface area contributed by atoms with E-state index < -0.39 is 29.9 Å². The summed E-state index contributed by atoms with van der Waals surface area (Å²) in [5.41, 5.74) is -1.75. The van der Waals surface area contributed by atoms with Crippen molar-refractivity contribution in [3.63, 3.8) is 0 Å². The largest absolute Gasteiger partial charge is 0.484 e. The molecule has 2 aromatic carbocycles. The van der Waals surface area contributed by atoms with Crippen LogP contribution in [-0.4, -0.2) is 18.3 Å². The normalized spacial score (nSPS) is 11.3. The predicted molar refractivity (Wildman–Crippen MR) is 98.1 cm³/mol. The molecule has 1 N–H and O–H groups in total. The molecule has 0 aliphatic rings. The Kier molecular flexibility index (Phi) is 5.40. The molecule has 0 atom stereocenters. The first kappa shape index (κ1) is 20.1. The molecule has 0 fully saturated rings. The van der Waals surface area contributed by atoms with Gasteiger partial charge in [-0.05, 0) is 31.2 Å². The van der Waals surface area contributed by atoms with Crippen molar-refractivity contribution >= 4 is 28.3 Å². The zero-order valence-electron chi connectivity index (χ0n) is 15.0. The number of benzene rings is 2. The van der Waals surface area contributed by atoms with Crippen molar-refractivity contribution < 1.29 is 31.9 Å². The number of Topliss-reactive ketones (excluding diaryl/α,β-unsaturated/α-hetero) is 1. The zero-order valence-corrected chi connectivity index (χ0v) is 15.0. The van der Waals surface area contributed by atoms with Crippen LogP contribution in [0.2, 0.25) is 0 Å². The molecule has 1 heterocycles. The third kappa shape index (κ3) is 4.81. The van der Waals surface area contributed by atoms with Gasteiger partial charge in [-0.2, -0.15) is 13.2 Å². The fourth-order valence-electron chi connectivity index (χ4n) is 2.63. The number of halogens is 3. The summed E-state index contributed by atoms with van der Waals surface area (Å²) in [5, 5.41) is 2.25. The quantitative estimate of drug-likeness (QED) is 0.512. The molecule has 0 aliphatic heterocycles. The Morgan fingerprint density at radius 3 is 2.55 bits per heavy atom. The van der Waals surface area contributed by atoms with Crippen molar-refractivity contribution in [3.8, 4) is 5.75 Å². The molecule has 150 valence electrons. The Bertz CT molecular complexity index is 1150. The van der Waals surface area contributed by atoms with Crippen molar-refractivity contribution in [1.82, 2.24) is 0 Å². The molecule has 0 bridgehead atoms. The lowest BCUT2D eigenvalue weighted by Gasteiger charge is -2.11. The van der Waals surface area contributed by atoms with Crippen LogP contribution in [0.1, 0.15) is 22.8 Å². The van der Waals surface area contributed by atoms with Crippen molar-refractivity contribution in [2.45, 2.75) is 13.1 Å². The Hall–Kier alpha value is -3.62. The second-order valence-electron chi connectivity index (χ2n) is 6.11. The summed E-state index contributed by atoms with van der Waals surface area (Å²) in [5.74, 6) is -0.655. The van der Waals surface area contributed by atoms with Crippen LogP contribution in [0, 0.1) is 0 Å². The highest BCUT2D eigenvalue weighted by molar-refractivity contribution is 5.97. The van der Waals surface area contributed by atoms with Crippen LogP contribution in [0.5, 0.6) is 5.75 Å². The number of ether oxygens (including phenoxy) is 1. The summed E-state index contributed by atoms with van der Waals surface area (Å²) >= 11 is 0.